The molecular formula is C20H21F3N2O6S. The van der Waals surface area contributed by atoms with Gasteiger partial charge in [0.25, 0.3) is 9.84 Å². The van der Waals surface area contributed by atoms with Crippen molar-refractivity contribution in [3.05, 3.63) is 42.0 Å². The number of carbonyl (C=O) groups excluding carboxylic acids is 3. The Morgan fingerprint density at radius 2 is 1.69 bits per heavy atom. The molecule has 8 nitrogen and oxygen atoms in total. The second kappa shape index (κ2) is 8.49. The summed E-state index contributed by atoms with van der Waals surface area (Å²) in [5.41, 5.74) is -9.95. The third-order valence-electron chi connectivity index (χ3n) is 5.22. The number of benzene rings is 1. The maximum atomic E-state index is 13.4. The number of ether oxygens (including phenoxy) is 1. The van der Waals surface area contributed by atoms with Crippen LogP contribution in [0.4, 0.5) is 13.2 Å². The normalized spacial score (nSPS) is 20.0. The molecule has 1 aromatic carbocycles. The summed E-state index contributed by atoms with van der Waals surface area (Å²) in [5, 5.41) is 0. The molecule has 1 aromatic rings. The topological polar surface area (TPSA) is 110 Å². The molecule has 0 radical (unpaired) electrons. The Hall–Kier alpha value is -3.02. The molecule has 1 aliphatic rings. The Balaban J connectivity index is 2.93. The van der Waals surface area contributed by atoms with Crippen molar-refractivity contribution in [1.82, 2.24) is 4.90 Å². The number of sulfone groups is 1. The van der Waals surface area contributed by atoms with E-state index in [1.165, 1.54) is 32.3 Å². The largest absolute Gasteiger partial charge is 0.501 e. The van der Waals surface area contributed by atoms with Crippen LogP contribution in [0.25, 0.3) is 0 Å². The lowest BCUT2D eigenvalue weighted by atomic mass is 9.69. The lowest BCUT2D eigenvalue weighted by Crippen LogP contribution is -2.67. The van der Waals surface area contributed by atoms with Gasteiger partial charge in [0.2, 0.25) is 11.4 Å². The minimum absolute atomic E-state index is 0.145. The van der Waals surface area contributed by atoms with Gasteiger partial charge in [-0.3, -0.25) is 14.6 Å². The first kappa shape index (κ1) is 25.2. The highest BCUT2D eigenvalue weighted by Crippen LogP contribution is 2.46. The summed E-state index contributed by atoms with van der Waals surface area (Å²) in [7, 11) is -4.45. The van der Waals surface area contributed by atoms with Crippen LogP contribution in [0.5, 0.6) is 0 Å². The molecule has 0 saturated heterocycles. The van der Waals surface area contributed by atoms with E-state index in [4.69, 9.17) is 4.74 Å². The molecule has 0 spiro atoms. The number of amides is 1. The molecule has 174 valence electrons. The minimum atomic E-state index is -5.66. The molecule has 0 aliphatic carbocycles. The van der Waals surface area contributed by atoms with Crippen LogP contribution in [0.1, 0.15) is 26.3 Å². The summed E-state index contributed by atoms with van der Waals surface area (Å²) < 4.78 is 67.5. The van der Waals surface area contributed by atoms with Gasteiger partial charge in [0.05, 0.1) is 11.5 Å². The van der Waals surface area contributed by atoms with Crippen molar-refractivity contribution >= 4 is 33.7 Å². The number of ketones is 1. The fraction of sp³-hybridized carbons (Fsp3) is 0.400. The van der Waals surface area contributed by atoms with Crippen LogP contribution >= 0.6 is 0 Å². The first-order valence-corrected chi connectivity index (χ1v) is 10.8. The van der Waals surface area contributed by atoms with Gasteiger partial charge in [0, 0.05) is 20.2 Å². The van der Waals surface area contributed by atoms with Crippen LogP contribution in [0, 0.1) is 0 Å². The zero-order chi connectivity index (χ0) is 24.5. The maximum Gasteiger partial charge on any atom is 0.501 e. The van der Waals surface area contributed by atoms with E-state index >= 15 is 0 Å². The highest BCUT2D eigenvalue weighted by atomic mass is 32.2. The van der Waals surface area contributed by atoms with Gasteiger partial charge in [-0.25, -0.2) is 13.2 Å². The van der Waals surface area contributed by atoms with Crippen molar-refractivity contribution in [2.45, 2.75) is 42.3 Å². The third-order valence-corrected chi connectivity index (χ3v) is 6.73. The fourth-order valence-corrected chi connectivity index (χ4v) is 4.38. The Morgan fingerprint density at radius 3 is 2.06 bits per heavy atom. The van der Waals surface area contributed by atoms with E-state index in [0.717, 1.165) is 30.9 Å². The Morgan fingerprint density at radius 1 is 1.12 bits per heavy atom. The van der Waals surface area contributed by atoms with Crippen molar-refractivity contribution in [3.63, 3.8) is 0 Å². The zero-order valence-electron chi connectivity index (χ0n) is 17.6. The van der Waals surface area contributed by atoms with Gasteiger partial charge in [-0.1, -0.05) is 12.1 Å². The molecule has 2 unspecified atom stereocenters. The number of hydrogen-bond acceptors (Lipinski definition) is 7. The maximum absolute atomic E-state index is 13.4. The molecule has 1 heterocycles. The van der Waals surface area contributed by atoms with Crippen molar-refractivity contribution in [1.29, 1.82) is 0 Å². The van der Waals surface area contributed by atoms with Gasteiger partial charge < -0.3 is 9.64 Å². The smallest absolute Gasteiger partial charge is 0.464 e. The van der Waals surface area contributed by atoms with E-state index < -0.39 is 49.0 Å². The number of hydrogen-bond donors (Lipinski definition) is 0. The van der Waals surface area contributed by atoms with Crippen molar-refractivity contribution in [2.24, 2.45) is 4.99 Å². The predicted molar refractivity (Wildman–Crippen MR) is 107 cm³/mol. The molecule has 2 atom stereocenters. The summed E-state index contributed by atoms with van der Waals surface area (Å²) in [4.78, 5) is 42.6. The standard InChI is InChI=1S/C20H21F3N2O6S/c1-5-31-17(28)19(25(4)14(3)27,18(13(2)26)11-6-12-24-18)15-7-9-16(10-8-15)32(29,30)20(21,22)23/h6-12H,5H2,1-4H3. The number of aliphatic imine (C=N–C) groups is 1. The minimum Gasteiger partial charge on any atom is -0.464 e. The van der Waals surface area contributed by atoms with E-state index in [1.54, 1.807) is 0 Å². The number of rotatable bonds is 7. The van der Waals surface area contributed by atoms with Crippen LogP contribution in [0.2, 0.25) is 0 Å². The summed E-state index contributed by atoms with van der Waals surface area (Å²) in [6, 6.07) is 3.16. The molecule has 0 N–H and O–H groups in total. The van der Waals surface area contributed by atoms with Crippen molar-refractivity contribution in [3.8, 4) is 0 Å². The number of allylic oxidation sites excluding steroid dienone is 1. The molecule has 0 saturated carbocycles. The van der Waals surface area contributed by atoms with E-state index in [-0.39, 0.29) is 12.2 Å². The Labute approximate surface area is 182 Å². The second-order valence-corrected chi connectivity index (χ2v) is 8.88. The highest BCUT2D eigenvalue weighted by Gasteiger charge is 2.65. The number of alkyl halides is 3. The van der Waals surface area contributed by atoms with Crippen LogP contribution < -0.4 is 0 Å². The molecule has 12 heteroatoms. The Kier molecular flexibility index (Phi) is 6.70. The van der Waals surface area contributed by atoms with Gasteiger partial charge in [0.15, 0.2) is 11.3 Å². The van der Waals surface area contributed by atoms with E-state index in [9.17, 15) is 36.0 Å². The van der Waals surface area contributed by atoms with Crippen LogP contribution in [0.3, 0.4) is 0 Å². The summed E-state index contributed by atoms with van der Waals surface area (Å²) in [5.74, 6) is -2.40. The number of esters is 1. The number of Topliss-reactive ketones (excluding diaryl/α,β-unsaturated/α-hetero) is 1. The Bertz CT molecular complexity index is 1080. The van der Waals surface area contributed by atoms with Crippen LogP contribution in [-0.2, 0) is 34.5 Å². The SMILES string of the molecule is CCOC(=O)C(c1ccc(S(=O)(=O)C(F)(F)F)cc1)(N(C)C(C)=O)C1(C(C)=O)C=CC=N1. The average Bonchev–Trinajstić information content (AvgIpc) is 3.19. The highest BCUT2D eigenvalue weighted by molar-refractivity contribution is 7.92. The first-order chi connectivity index (χ1) is 14.7. The quantitative estimate of drug-likeness (QED) is 0.561. The third kappa shape index (κ3) is 3.61. The first-order valence-electron chi connectivity index (χ1n) is 9.27. The van der Waals surface area contributed by atoms with Gasteiger partial charge in [-0.15, -0.1) is 0 Å². The van der Waals surface area contributed by atoms with Crippen molar-refractivity contribution in [2.75, 3.05) is 13.7 Å². The molecule has 0 aromatic heterocycles. The number of nitrogens with zero attached hydrogens (tertiary/aromatic N) is 2. The van der Waals surface area contributed by atoms with Gasteiger partial charge in [0.1, 0.15) is 0 Å². The number of likely N-dealkylation sites (N-methyl/N-ethyl adjacent to an activating group) is 1. The monoisotopic (exact) mass is 474 g/mol. The lowest BCUT2D eigenvalue weighted by molar-refractivity contribution is -0.169. The van der Waals surface area contributed by atoms with E-state index in [2.05, 4.69) is 4.99 Å². The summed E-state index contributed by atoms with van der Waals surface area (Å²) >= 11 is 0. The predicted octanol–water partition coefficient (Wildman–Crippen LogP) is 2.19. The second-order valence-electron chi connectivity index (χ2n) is 6.94. The summed E-state index contributed by atoms with van der Waals surface area (Å²) in [6.07, 6.45) is 3.91. The molecule has 0 bridgehead atoms. The molecule has 2 rings (SSSR count). The van der Waals surface area contributed by atoms with E-state index in [0.29, 0.717) is 12.1 Å². The van der Waals surface area contributed by atoms with Gasteiger partial charge in [-0.2, -0.15) is 13.2 Å². The molecular weight excluding hydrogens is 453 g/mol. The van der Waals surface area contributed by atoms with Crippen LogP contribution in [-0.4, -0.2) is 61.9 Å². The molecule has 1 aliphatic heterocycles. The summed E-state index contributed by atoms with van der Waals surface area (Å²) in [6.45, 7) is 3.60. The molecule has 1 amide bonds. The molecule has 32 heavy (non-hydrogen) atoms. The van der Waals surface area contributed by atoms with Gasteiger partial charge in [-0.05, 0) is 43.7 Å². The zero-order valence-corrected chi connectivity index (χ0v) is 18.5. The fourth-order valence-electron chi connectivity index (χ4n) is 3.62. The number of halogens is 3. The van der Waals surface area contributed by atoms with E-state index in [1.807, 2.05) is 0 Å². The molecule has 0 fully saturated rings. The number of carbonyl (C=O) groups is 3. The average molecular weight is 474 g/mol. The lowest BCUT2D eigenvalue weighted by Gasteiger charge is -2.47. The van der Waals surface area contributed by atoms with Gasteiger partial charge >= 0.3 is 11.5 Å². The van der Waals surface area contributed by atoms with Crippen molar-refractivity contribution < 1.29 is 40.7 Å². The van der Waals surface area contributed by atoms with Crippen LogP contribution in [0.15, 0.2) is 46.3 Å².